The minimum atomic E-state index is -0.247. The molecule has 0 unspecified atom stereocenters. The van der Waals surface area contributed by atoms with Crippen LogP contribution in [0.2, 0.25) is 0 Å². The summed E-state index contributed by atoms with van der Waals surface area (Å²) in [5, 5.41) is 13.1. The van der Waals surface area contributed by atoms with Crippen molar-refractivity contribution in [2.75, 3.05) is 6.61 Å². The van der Waals surface area contributed by atoms with Crippen LogP contribution in [-0.2, 0) is 17.6 Å². The largest absolute Gasteiger partial charge is 0.493 e. The van der Waals surface area contributed by atoms with Gasteiger partial charge < -0.3 is 15.2 Å². The first-order chi connectivity index (χ1) is 13.4. The Hall–Kier alpha value is -2.33. The normalized spacial score (nSPS) is 21.4. The van der Waals surface area contributed by atoms with Gasteiger partial charge in [0.15, 0.2) is 0 Å². The number of hydrogen-bond donors (Lipinski definition) is 2. The first-order valence-corrected chi connectivity index (χ1v) is 10.2. The lowest BCUT2D eigenvalue weighted by atomic mass is 9.74. The summed E-state index contributed by atoms with van der Waals surface area (Å²) in [6.07, 6.45) is 2.53. The second-order valence-corrected chi connectivity index (χ2v) is 8.45. The molecule has 1 atom stereocenters. The first-order valence-electron chi connectivity index (χ1n) is 10.2. The molecule has 1 amide bonds. The lowest BCUT2D eigenvalue weighted by Gasteiger charge is -2.38. The standard InChI is InChI=1S/C24H29NO3/c1-14-8-15(2)21(16(3)9-14)13-23(27)25-24(19-11-20(26)12-19)18-4-5-22-17(10-18)6-7-28-22/h4-5,8-10,19-20,24,26H,6-7,11-13H2,1-3H3,(H,25,27)/t19?,20?,24-/m0/s1. The van der Waals surface area contributed by atoms with Gasteiger partial charge in [-0.2, -0.15) is 0 Å². The number of carbonyl (C=O) groups excluding carboxylic acids is 1. The molecular formula is C24H29NO3. The smallest absolute Gasteiger partial charge is 0.224 e. The van der Waals surface area contributed by atoms with Gasteiger partial charge in [-0.15, -0.1) is 0 Å². The number of amides is 1. The fourth-order valence-corrected chi connectivity index (χ4v) is 4.65. The molecule has 2 aromatic carbocycles. The molecule has 1 saturated carbocycles. The van der Waals surface area contributed by atoms with E-state index in [1.807, 2.05) is 6.07 Å². The van der Waals surface area contributed by atoms with Crippen LogP contribution in [0.25, 0.3) is 0 Å². The summed E-state index contributed by atoms with van der Waals surface area (Å²) in [4.78, 5) is 12.9. The van der Waals surface area contributed by atoms with Gasteiger partial charge in [-0.3, -0.25) is 4.79 Å². The molecule has 0 spiro atoms. The van der Waals surface area contributed by atoms with Crippen LogP contribution in [0.5, 0.6) is 5.75 Å². The minimum Gasteiger partial charge on any atom is -0.493 e. The predicted molar refractivity (Wildman–Crippen MR) is 110 cm³/mol. The van der Waals surface area contributed by atoms with Gasteiger partial charge in [-0.1, -0.05) is 23.8 Å². The lowest BCUT2D eigenvalue weighted by Crippen LogP contribution is -2.42. The molecule has 1 heterocycles. The van der Waals surface area contributed by atoms with E-state index in [1.165, 1.54) is 11.1 Å². The van der Waals surface area contributed by atoms with Crippen molar-refractivity contribution < 1.29 is 14.6 Å². The molecule has 0 aromatic heterocycles. The zero-order chi connectivity index (χ0) is 19.8. The van der Waals surface area contributed by atoms with Crippen molar-refractivity contribution >= 4 is 5.91 Å². The number of benzene rings is 2. The highest BCUT2D eigenvalue weighted by atomic mass is 16.5. The maximum absolute atomic E-state index is 12.9. The Morgan fingerprint density at radius 1 is 1.18 bits per heavy atom. The summed E-state index contributed by atoms with van der Waals surface area (Å²) >= 11 is 0. The molecule has 1 aliphatic carbocycles. The number of rotatable bonds is 5. The summed E-state index contributed by atoms with van der Waals surface area (Å²) in [7, 11) is 0. The number of aliphatic hydroxyl groups is 1. The quantitative estimate of drug-likeness (QED) is 0.832. The highest BCUT2D eigenvalue weighted by Gasteiger charge is 2.36. The Balaban J connectivity index is 1.54. The molecule has 4 nitrogen and oxygen atoms in total. The van der Waals surface area contributed by atoms with Crippen LogP contribution in [0.1, 0.15) is 52.3 Å². The maximum Gasteiger partial charge on any atom is 0.224 e. The van der Waals surface area contributed by atoms with Crippen molar-refractivity contribution in [3.8, 4) is 5.75 Å². The molecule has 2 N–H and O–H groups in total. The van der Waals surface area contributed by atoms with E-state index < -0.39 is 0 Å². The summed E-state index contributed by atoms with van der Waals surface area (Å²) in [6, 6.07) is 10.4. The number of ether oxygens (including phenoxy) is 1. The van der Waals surface area contributed by atoms with E-state index in [4.69, 9.17) is 4.74 Å². The maximum atomic E-state index is 12.9. The van der Waals surface area contributed by atoms with Crippen molar-refractivity contribution in [3.05, 3.63) is 63.7 Å². The van der Waals surface area contributed by atoms with E-state index in [0.717, 1.165) is 53.9 Å². The predicted octanol–water partition coefficient (Wildman–Crippen LogP) is 3.72. The van der Waals surface area contributed by atoms with Crippen LogP contribution >= 0.6 is 0 Å². The van der Waals surface area contributed by atoms with Gasteiger partial charge in [0, 0.05) is 6.42 Å². The van der Waals surface area contributed by atoms with Gasteiger partial charge in [0.1, 0.15) is 5.75 Å². The Morgan fingerprint density at radius 2 is 1.89 bits per heavy atom. The third-order valence-electron chi connectivity index (χ3n) is 6.19. The summed E-state index contributed by atoms with van der Waals surface area (Å²) in [5.41, 5.74) is 6.99. The van der Waals surface area contributed by atoms with Gasteiger partial charge in [-0.25, -0.2) is 0 Å². The van der Waals surface area contributed by atoms with Crippen LogP contribution in [0.4, 0.5) is 0 Å². The molecule has 2 aromatic rings. The minimum absolute atomic E-state index is 0.0400. The number of carbonyl (C=O) groups is 1. The number of hydrogen-bond acceptors (Lipinski definition) is 3. The topological polar surface area (TPSA) is 58.6 Å². The molecular weight excluding hydrogens is 350 g/mol. The van der Waals surface area contributed by atoms with E-state index in [0.29, 0.717) is 6.42 Å². The average molecular weight is 380 g/mol. The fourth-order valence-electron chi connectivity index (χ4n) is 4.65. The van der Waals surface area contributed by atoms with Crippen LogP contribution in [0, 0.1) is 26.7 Å². The van der Waals surface area contributed by atoms with Gasteiger partial charge >= 0.3 is 0 Å². The fraction of sp³-hybridized carbons (Fsp3) is 0.458. The van der Waals surface area contributed by atoms with Crippen molar-refractivity contribution in [2.45, 2.75) is 58.6 Å². The van der Waals surface area contributed by atoms with E-state index in [1.54, 1.807) is 0 Å². The average Bonchev–Trinajstić information content (AvgIpc) is 3.08. The first kappa shape index (κ1) is 19.0. The number of fused-ring (bicyclic) bond motifs is 1. The molecule has 2 aliphatic rings. The van der Waals surface area contributed by atoms with E-state index in [9.17, 15) is 9.90 Å². The third-order valence-corrected chi connectivity index (χ3v) is 6.19. The van der Waals surface area contributed by atoms with Gasteiger partial charge in [0.2, 0.25) is 5.91 Å². The summed E-state index contributed by atoms with van der Waals surface area (Å²) in [6.45, 7) is 6.95. The van der Waals surface area contributed by atoms with Crippen molar-refractivity contribution in [2.24, 2.45) is 5.92 Å². The Labute approximate surface area is 166 Å². The van der Waals surface area contributed by atoms with Gasteiger partial charge in [-0.05, 0) is 79.5 Å². The van der Waals surface area contributed by atoms with Crippen LogP contribution in [0.15, 0.2) is 30.3 Å². The van der Waals surface area contributed by atoms with Crippen molar-refractivity contribution in [1.29, 1.82) is 0 Å². The Morgan fingerprint density at radius 3 is 2.57 bits per heavy atom. The highest BCUT2D eigenvalue weighted by molar-refractivity contribution is 5.80. The van der Waals surface area contributed by atoms with E-state index in [2.05, 4.69) is 50.4 Å². The lowest BCUT2D eigenvalue weighted by molar-refractivity contribution is -0.122. The second-order valence-electron chi connectivity index (χ2n) is 8.45. The van der Waals surface area contributed by atoms with E-state index >= 15 is 0 Å². The van der Waals surface area contributed by atoms with Gasteiger partial charge in [0.25, 0.3) is 0 Å². The zero-order valence-electron chi connectivity index (χ0n) is 16.9. The number of nitrogens with one attached hydrogen (secondary N) is 1. The molecule has 0 saturated heterocycles. The monoisotopic (exact) mass is 379 g/mol. The molecule has 1 aliphatic heterocycles. The summed E-state index contributed by atoms with van der Waals surface area (Å²) in [5.74, 6) is 1.27. The molecule has 1 fully saturated rings. The van der Waals surface area contributed by atoms with Crippen molar-refractivity contribution in [3.63, 3.8) is 0 Å². The molecule has 148 valence electrons. The number of aliphatic hydroxyl groups excluding tert-OH is 1. The van der Waals surface area contributed by atoms with Crippen molar-refractivity contribution in [1.82, 2.24) is 5.32 Å². The SMILES string of the molecule is Cc1cc(C)c(CC(=O)N[C@@H](c2ccc3c(c2)CCO3)C2CC(O)C2)c(C)c1. The molecule has 0 radical (unpaired) electrons. The second kappa shape index (κ2) is 7.59. The van der Waals surface area contributed by atoms with Crippen LogP contribution in [0.3, 0.4) is 0 Å². The van der Waals surface area contributed by atoms with Gasteiger partial charge in [0.05, 0.1) is 25.2 Å². The third kappa shape index (κ3) is 3.79. The molecule has 0 bridgehead atoms. The Bertz CT molecular complexity index is 876. The van der Waals surface area contributed by atoms with E-state index in [-0.39, 0.29) is 24.0 Å². The zero-order valence-corrected chi connectivity index (χ0v) is 16.9. The summed E-state index contributed by atoms with van der Waals surface area (Å²) < 4.78 is 5.62. The number of aryl methyl sites for hydroxylation is 3. The Kier molecular flexibility index (Phi) is 5.15. The molecule has 28 heavy (non-hydrogen) atoms. The highest BCUT2D eigenvalue weighted by Crippen LogP contribution is 2.39. The molecule has 4 heteroatoms. The molecule has 4 rings (SSSR count). The van der Waals surface area contributed by atoms with Crippen LogP contribution in [-0.4, -0.2) is 23.7 Å². The van der Waals surface area contributed by atoms with Crippen LogP contribution < -0.4 is 10.1 Å².